The molecule has 2 heterocycles. The van der Waals surface area contributed by atoms with Crippen molar-refractivity contribution >= 4 is 35.4 Å². The second kappa shape index (κ2) is 11.1. The minimum Gasteiger partial charge on any atom is -0.457 e. The first-order chi connectivity index (χ1) is 22.1. The zero-order valence-corrected chi connectivity index (χ0v) is 27.3. The lowest BCUT2D eigenvalue weighted by Crippen LogP contribution is -2.82. The minimum atomic E-state index is -1.99. The monoisotopic (exact) mass is 654 g/mol. The zero-order chi connectivity index (χ0) is 34.3. The van der Waals surface area contributed by atoms with Crippen molar-refractivity contribution in [1.29, 1.82) is 0 Å². The first-order valence-corrected chi connectivity index (χ1v) is 15.4. The van der Waals surface area contributed by atoms with Gasteiger partial charge >= 0.3 is 18.1 Å². The first kappa shape index (κ1) is 33.0. The van der Waals surface area contributed by atoms with Gasteiger partial charge < -0.3 is 33.2 Å². The highest BCUT2D eigenvalue weighted by molar-refractivity contribution is 6.10. The summed E-state index contributed by atoms with van der Waals surface area (Å²) >= 11 is 0. The van der Waals surface area contributed by atoms with E-state index in [0.717, 1.165) is 7.11 Å². The van der Waals surface area contributed by atoms with Gasteiger partial charge in [0.05, 0.1) is 36.7 Å². The number of ether oxygens (including phenoxy) is 7. The predicted octanol–water partition coefficient (Wildman–Crippen LogP) is 2.57. The van der Waals surface area contributed by atoms with Crippen LogP contribution in [0.3, 0.4) is 0 Å². The Balaban J connectivity index is 1.74. The Hall–Kier alpha value is -3.94. The summed E-state index contributed by atoms with van der Waals surface area (Å²) in [5.74, 6) is -4.83. The van der Waals surface area contributed by atoms with Crippen LogP contribution >= 0.6 is 0 Å². The van der Waals surface area contributed by atoms with E-state index in [2.05, 4.69) is 0 Å². The molecule has 6 rings (SSSR count). The Morgan fingerprint density at radius 2 is 1.64 bits per heavy atom. The number of hydrogen-bond acceptors (Lipinski definition) is 13. The molecule has 2 aliphatic heterocycles. The van der Waals surface area contributed by atoms with Crippen LogP contribution in [0.5, 0.6) is 0 Å². The quantitative estimate of drug-likeness (QED) is 0.336. The van der Waals surface area contributed by atoms with Gasteiger partial charge in [0.2, 0.25) is 0 Å². The topological polar surface area (TPSA) is 167 Å². The molecule has 1 aromatic rings. The SMILES string of the molecule is COC(=O)O[C@H]1C(=O)[C@]2(C)[C@@H](OC)C[C@H]3OC[C@@]3(OC(C)=O)[C@H]2[C@H](OC(=O)c2ccccc2)[C@]23C(=O)CO[C@H]2C(=O)C(C)=C1C3(C)C. The number of carbonyl (C=O) groups excluding carboxylic acids is 6. The third-order valence-corrected chi connectivity index (χ3v) is 11.3. The normalized spacial score (nSPS) is 38.5. The number of fused-ring (bicyclic) bond motifs is 4. The summed E-state index contributed by atoms with van der Waals surface area (Å²) in [5, 5.41) is 0. The van der Waals surface area contributed by atoms with Crippen molar-refractivity contribution in [2.24, 2.45) is 22.2 Å². The molecular weight excluding hydrogens is 616 g/mol. The maximum atomic E-state index is 15.3. The van der Waals surface area contributed by atoms with Crippen molar-refractivity contribution in [3.05, 3.63) is 47.0 Å². The lowest BCUT2D eigenvalue weighted by Gasteiger charge is -2.67. The number of Topliss-reactive ketones (excluding diaryl/α,β-unsaturated/α-hetero) is 3. The second-order valence-electron chi connectivity index (χ2n) is 13.6. The summed E-state index contributed by atoms with van der Waals surface area (Å²) in [7, 11) is 2.47. The average Bonchev–Trinajstić information content (AvgIpc) is 3.39. The van der Waals surface area contributed by atoms with E-state index in [1.54, 1.807) is 39.0 Å². The van der Waals surface area contributed by atoms with Gasteiger partial charge in [0.25, 0.3) is 0 Å². The fourth-order valence-electron chi connectivity index (χ4n) is 9.30. The van der Waals surface area contributed by atoms with Crippen LogP contribution in [0.4, 0.5) is 4.79 Å². The molecule has 2 saturated carbocycles. The Morgan fingerprint density at radius 1 is 0.957 bits per heavy atom. The molecule has 9 atom stereocenters. The summed E-state index contributed by atoms with van der Waals surface area (Å²) < 4.78 is 41.0. The van der Waals surface area contributed by atoms with Gasteiger partial charge in [-0.1, -0.05) is 32.0 Å². The molecule has 0 amide bonds. The van der Waals surface area contributed by atoms with E-state index in [1.165, 1.54) is 33.1 Å². The first-order valence-electron chi connectivity index (χ1n) is 15.4. The third-order valence-electron chi connectivity index (χ3n) is 11.3. The van der Waals surface area contributed by atoms with E-state index >= 15 is 4.79 Å². The van der Waals surface area contributed by atoms with Gasteiger partial charge in [-0.25, -0.2) is 9.59 Å². The lowest BCUT2D eigenvalue weighted by molar-refractivity contribution is -0.341. The molecule has 0 unspecified atom stereocenters. The van der Waals surface area contributed by atoms with E-state index < -0.39 is 100 Å². The maximum Gasteiger partial charge on any atom is 0.509 e. The molecule has 47 heavy (non-hydrogen) atoms. The maximum absolute atomic E-state index is 15.3. The van der Waals surface area contributed by atoms with Gasteiger partial charge in [-0.15, -0.1) is 0 Å². The largest absolute Gasteiger partial charge is 0.509 e. The van der Waals surface area contributed by atoms with Gasteiger partial charge in [0.1, 0.15) is 30.3 Å². The highest BCUT2D eigenvalue weighted by atomic mass is 16.7. The van der Waals surface area contributed by atoms with Gasteiger partial charge in [-0.2, -0.15) is 0 Å². The van der Waals surface area contributed by atoms with E-state index in [4.69, 9.17) is 33.2 Å². The molecule has 13 heteroatoms. The average molecular weight is 655 g/mol. The molecule has 2 bridgehead atoms. The van der Waals surface area contributed by atoms with Crippen LogP contribution in [0.15, 0.2) is 41.5 Å². The highest BCUT2D eigenvalue weighted by Gasteiger charge is 2.82. The van der Waals surface area contributed by atoms with Crippen LogP contribution < -0.4 is 0 Å². The summed E-state index contributed by atoms with van der Waals surface area (Å²) in [5.41, 5.74) is -6.67. The van der Waals surface area contributed by atoms with Crippen molar-refractivity contribution in [2.45, 2.75) is 77.2 Å². The zero-order valence-electron chi connectivity index (χ0n) is 27.3. The number of carbonyl (C=O) groups is 6. The van der Waals surface area contributed by atoms with Gasteiger partial charge in [-0.05, 0) is 37.1 Å². The molecule has 4 fully saturated rings. The fraction of sp³-hybridized carbons (Fsp3) is 0.588. The predicted molar refractivity (Wildman–Crippen MR) is 158 cm³/mol. The molecule has 252 valence electrons. The van der Waals surface area contributed by atoms with E-state index in [-0.39, 0.29) is 29.7 Å². The molecular formula is C34H38O13. The molecule has 0 N–H and O–H groups in total. The van der Waals surface area contributed by atoms with E-state index in [9.17, 15) is 24.0 Å². The molecule has 5 aliphatic rings. The third kappa shape index (κ3) is 4.18. The van der Waals surface area contributed by atoms with Gasteiger partial charge in [0, 0.05) is 25.9 Å². The Labute approximate surface area is 271 Å². The highest BCUT2D eigenvalue weighted by Crippen LogP contribution is 2.68. The summed E-state index contributed by atoms with van der Waals surface area (Å²) in [4.78, 5) is 84.0. The van der Waals surface area contributed by atoms with Crippen molar-refractivity contribution in [3.8, 4) is 0 Å². The lowest BCUT2D eigenvalue weighted by atomic mass is 9.40. The fourth-order valence-corrected chi connectivity index (χ4v) is 9.30. The van der Waals surface area contributed by atoms with E-state index in [1.807, 2.05) is 0 Å². The number of hydrogen-bond donors (Lipinski definition) is 0. The standard InChI is InChI=1S/C34H38O13/c1-16-22-24(45-30(40)42-7)26(38)32(5)20(41-6)13-21-33(15-44-21,47-17(2)35)25(32)28(46-29(39)18-11-9-8-10-12-18)34(31(22,3)4)19(36)14-43-27(34)23(16)37/h8-12,20-21,24-25,27-28H,13-15H2,1-7H3/t20-,21+,24+,25-,27-,28-,32+,33-,34-/m0/s1. The van der Waals surface area contributed by atoms with Crippen LogP contribution in [0.1, 0.15) is 51.4 Å². The van der Waals surface area contributed by atoms with Crippen LogP contribution in [0.2, 0.25) is 0 Å². The Kier molecular flexibility index (Phi) is 7.76. The van der Waals surface area contributed by atoms with Crippen LogP contribution in [0.25, 0.3) is 0 Å². The van der Waals surface area contributed by atoms with Crippen molar-refractivity contribution in [2.75, 3.05) is 27.4 Å². The number of methoxy groups -OCH3 is 2. The Bertz CT molecular complexity index is 1600. The molecule has 1 spiro atoms. The van der Waals surface area contributed by atoms with Gasteiger partial charge in [-0.3, -0.25) is 19.2 Å². The molecule has 2 saturated heterocycles. The van der Waals surface area contributed by atoms with E-state index in [0.29, 0.717) is 0 Å². The Morgan fingerprint density at radius 3 is 2.21 bits per heavy atom. The number of rotatable bonds is 5. The van der Waals surface area contributed by atoms with Gasteiger partial charge in [0.15, 0.2) is 29.1 Å². The summed E-state index contributed by atoms with van der Waals surface area (Å²) in [6.45, 7) is 6.79. The molecule has 3 aliphatic carbocycles. The van der Waals surface area contributed by atoms with Crippen molar-refractivity contribution < 1.29 is 61.9 Å². The minimum absolute atomic E-state index is 0.0526. The van der Waals surface area contributed by atoms with Crippen LogP contribution in [0, 0.1) is 22.2 Å². The number of benzene rings is 1. The molecule has 1 aromatic carbocycles. The van der Waals surface area contributed by atoms with Crippen molar-refractivity contribution in [1.82, 2.24) is 0 Å². The summed E-state index contributed by atoms with van der Waals surface area (Å²) in [6.07, 6.45) is -7.78. The van der Waals surface area contributed by atoms with Crippen LogP contribution in [-0.4, -0.2) is 99.0 Å². The molecule has 0 radical (unpaired) electrons. The van der Waals surface area contributed by atoms with Crippen LogP contribution in [-0.2, 0) is 52.3 Å². The second-order valence-corrected chi connectivity index (χ2v) is 13.6. The smallest absolute Gasteiger partial charge is 0.457 e. The molecule has 13 nitrogen and oxygen atoms in total. The number of ketones is 3. The molecule has 0 aromatic heterocycles. The number of esters is 2. The van der Waals surface area contributed by atoms with Crippen molar-refractivity contribution in [3.63, 3.8) is 0 Å². The summed E-state index contributed by atoms with van der Waals surface area (Å²) in [6, 6.07) is 8.04.